The number of ether oxygens (including phenoxy) is 1. The molecule has 1 heterocycles. The quantitative estimate of drug-likeness (QED) is 0.265. The Bertz CT molecular complexity index is 1260. The van der Waals surface area contributed by atoms with Crippen LogP contribution in [0.25, 0.3) is 10.9 Å². The van der Waals surface area contributed by atoms with Gasteiger partial charge >= 0.3 is 169 Å². The van der Waals surface area contributed by atoms with E-state index in [-0.39, 0.29) is 16.5 Å². The third kappa shape index (κ3) is 6.25. The van der Waals surface area contributed by atoms with Gasteiger partial charge in [0.1, 0.15) is 5.82 Å². The van der Waals surface area contributed by atoms with Crippen LogP contribution in [0.4, 0.5) is 21.5 Å². The van der Waals surface area contributed by atoms with Gasteiger partial charge in [-0.15, -0.1) is 0 Å². The molecule has 170 valence electrons. The predicted molar refractivity (Wildman–Crippen MR) is 132 cm³/mol. The van der Waals surface area contributed by atoms with Gasteiger partial charge in [-0.3, -0.25) is 0 Å². The van der Waals surface area contributed by atoms with Crippen LogP contribution in [-0.2, 0) is 4.79 Å². The Hall–Kier alpha value is -3.07. The Balaban J connectivity index is 2.07. The first-order valence-electron chi connectivity index (χ1n) is 10.2. The van der Waals surface area contributed by atoms with Crippen LogP contribution >= 0.6 is 11.6 Å². The summed E-state index contributed by atoms with van der Waals surface area (Å²) in [6.07, 6.45) is 4.86. The van der Waals surface area contributed by atoms with Crippen molar-refractivity contribution in [3.63, 3.8) is 0 Å². The molecule has 0 saturated carbocycles. The van der Waals surface area contributed by atoms with Crippen LogP contribution in [0.2, 0.25) is 21.7 Å². The molecule has 6 nitrogen and oxygen atoms in total. The minimum atomic E-state index is -0.860. The predicted octanol–water partition coefficient (Wildman–Crippen LogP) is 6.29. The van der Waals surface area contributed by atoms with Gasteiger partial charge in [0, 0.05) is 0 Å². The van der Waals surface area contributed by atoms with Crippen molar-refractivity contribution in [3.05, 3.63) is 65.1 Å². The Morgan fingerprint density at radius 1 is 1.33 bits per heavy atom. The average molecular weight is 529 g/mol. The van der Waals surface area contributed by atoms with Crippen LogP contribution in [0.5, 0.6) is 5.75 Å². The molecule has 3 aromatic rings. The summed E-state index contributed by atoms with van der Waals surface area (Å²) in [5.41, 5.74) is 6.71. The van der Waals surface area contributed by atoms with Gasteiger partial charge < -0.3 is 0 Å². The van der Waals surface area contributed by atoms with Crippen molar-refractivity contribution in [2.24, 2.45) is 0 Å². The van der Waals surface area contributed by atoms with Crippen LogP contribution in [-0.4, -0.2) is 32.1 Å². The molecule has 0 aliphatic heterocycles. The van der Waals surface area contributed by atoms with E-state index in [0.717, 1.165) is 5.21 Å². The Labute approximate surface area is 201 Å². The summed E-state index contributed by atoms with van der Waals surface area (Å²) in [4.78, 5) is 16.9. The van der Waals surface area contributed by atoms with Gasteiger partial charge in [0.25, 0.3) is 0 Å². The summed E-state index contributed by atoms with van der Waals surface area (Å²) in [7, 11) is 0. The molecule has 0 fully saturated rings. The number of nitrogens with one attached hydrogen (secondary N) is 2. The van der Waals surface area contributed by atoms with Gasteiger partial charge in [0.2, 0.25) is 0 Å². The second kappa shape index (κ2) is 11.2. The van der Waals surface area contributed by atoms with Gasteiger partial charge in [-0.2, -0.15) is 0 Å². The monoisotopic (exact) mass is 528 g/mol. The number of nitrogens with zero attached hydrogens (tertiary/aromatic N) is 2. The Morgan fingerprint density at radius 3 is 2.79 bits per heavy atom. The fourth-order valence-corrected chi connectivity index (χ4v) is 4.36. The molecule has 0 aliphatic carbocycles. The van der Waals surface area contributed by atoms with Gasteiger partial charge in [-0.05, 0) is 6.07 Å². The fourth-order valence-electron chi connectivity index (χ4n) is 3.08. The molecule has 1 amide bonds. The number of halogens is 2. The molecule has 0 atom stereocenters. The van der Waals surface area contributed by atoms with Crippen molar-refractivity contribution in [3.8, 4) is 11.8 Å². The van der Waals surface area contributed by atoms with Crippen molar-refractivity contribution in [1.82, 2.24) is 4.98 Å². The topological polar surface area (TPSA) is 87.0 Å². The van der Waals surface area contributed by atoms with Gasteiger partial charge in [0.05, 0.1) is 5.02 Å². The molecule has 33 heavy (non-hydrogen) atoms. The van der Waals surface area contributed by atoms with E-state index in [1.807, 2.05) is 13.0 Å². The number of pyridine rings is 1. The molecule has 3 rings (SSSR count). The molecule has 0 unspecified atom stereocenters. The van der Waals surface area contributed by atoms with E-state index in [1.165, 1.54) is 30.5 Å². The Kier molecular flexibility index (Phi) is 8.32. The molecule has 1 aromatic heterocycles. The molecular formula is C24H23AsClFN4O2. The van der Waals surface area contributed by atoms with Crippen molar-refractivity contribution in [2.75, 3.05) is 17.2 Å². The first-order valence-corrected chi connectivity index (χ1v) is 15.6. The third-order valence-electron chi connectivity index (χ3n) is 4.58. The van der Waals surface area contributed by atoms with Crippen LogP contribution in [0.1, 0.15) is 12.5 Å². The number of nitriles is 1. The fraction of sp³-hybridized carbons (Fsp3) is 0.208. The molecule has 2 N–H and O–H groups in total. The van der Waals surface area contributed by atoms with Crippen molar-refractivity contribution >= 4 is 60.1 Å². The zero-order valence-corrected chi connectivity index (χ0v) is 21.1. The summed E-state index contributed by atoms with van der Waals surface area (Å²) >= 11 is 5.05. The number of aromatic nitrogens is 1. The number of carbonyl (C=O) groups excluding carboxylic acids is 1. The van der Waals surface area contributed by atoms with Crippen molar-refractivity contribution in [2.45, 2.75) is 23.6 Å². The molecule has 0 saturated heterocycles. The number of amides is 1. The Morgan fingerprint density at radius 2 is 2.12 bits per heavy atom. The van der Waals surface area contributed by atoms with Gasteiger partial charge in [-0.25, -0.2) is 4.39 Å². The summed E-state index contributed by atoms with van der Waals surface area (Å²) in [5, 5.41) is 17.1. The normalized spacial score (nSPS) is 11.1. The molecule has 9 heteroatoms. The van der Waals surface area contributed by atoms with E-state index in [1.54, 1.807) is 12.1 Å². The van der Waals surface area contributed by atoms with E-state index < -0.39 is 20.5 Å². The second-order valence-corrected chi connectivity index (χ2v) is 13.1. The number of allylic oxidation sites excluding steroid dienone is 1. The van der Waals surface area contributed by atoms with E-state index in [4.69, 9.17) is 16.3 Å². The van der Waals surface area contributed by atoms with Gasteiger partial charge in [-0.1, -0.05) is 11.6 Å². The molecule has 0 spiro atoms. The van der Waals surface area contributed by atoms with Crippen LogP contribution < -0.4 is 15.4 Å². The molecule has 2 aromatic carbocycles. The number of hydrogen-bond acceptors (Lipinski definition) is 5. The number of fused-ring (bicyclic) bond motifs is 1. The zero-order valence-electron chi connectivity index (χ0n) is 18.4. The number of hydrogen-bond donors (Lipinski definition) is 2. The number of carbonyl (C=O) groups is 1. The molecular weight excluding hydrogens is 506 g/mol. The van der Waals surface area contributed by atoms with Crippen LogP contribution in [0.15, 0.2) is 48.7 Å². The van der Waals surface area contributed by atoms with E-state index >= 15 is 0 Å². The molecule has 0 bridgehead atoms. The number of anilines is 3. The average Bonchev–Trinajstić information content (AvgIpc) is 2.77. The third-order valence-corrected chi connectivity index (χ3v) is 6.84. The molecule has 0 radical (unpaired) electrons. The van der Waals surface area contributed by atoms with Crippen LogP contribution in [0, 0.1) is 17.1 Å². The minimum absolute atomic E-state index is 0.0418. The molecule has 0 aliphatic rings. The summed E-state index contributed by atoms with van der Waals surface area (Å²) < 4.78 is 19.3. The summed E-state index contributed by atoms with van der Waals surface area (Å²) in [6.45, 7) is 2.25. The van der Waals surface area contributed by atoms with Crippen molar-refractivity contribution in [1.29, 1.82) is 5.26 Å². The number of benzene rings is 2. The standard InChI is InChI=1S/C24H23AsClFN4O2/c1-4-33-22-12-20-17(11-21(22)31-23(32)6-5-9-25(2)3)24(15(13-28)14-29-20)30-16-7-8-19(27)18(26)10-16/h5-8,10-12,14H,4,9H2,1-3H3,(H,29,30)(H,31,32)/b6-5+. The van der Waals surface area contributed by atoms with E-state index in [0.29, 0.717) is 40.3 Å². The van der Waals surface area contributed by atoms with Crippen molar-refractivity contribution < 1.29 is 13.9 Å². The SMILES string of the molecule is CCOc1cc2ncc(C#N)c(Nc3ccc(F)c(Cl)c3)c2cc1NC(=O)/C=C/C[As](C)C. The first kappa shape index (κ1) is 24.6. The van der Waals surface area contributed by atoms with E-state index in [2.05, 4.69) is 33.1 Å². The number of rotatable bonds is 8. The van der Waals surface area contributed by atoms with Crippen LogP contribution in [0.3, 0.4) is 0 Å². The first-order chi connectivity index (χ1) is 15.8. The summed E-state index contributed by atoms with van der Waals surface area (Å²) in [6, 6.07) is 9.74. The maximum absolute atomic E-state index is 13.6. The van der Waals surface area contributed by atoms with Gasteiger partial charge in [0.15, 0.2) is 0 Å². The zero-order chi connectivity index (χ0) is 24.0. The van der Waals surface area contributed by atoms with E-state index in [9.17, 15) is 14.4 Å². The summed E-state index contributed by atoms with van der Waals surface area (Å²) in [5.74, 6) is -0.337. The maximum atomic E-state index is 13.6. The second-order valence-electron chi connectivity index (χ2n) is 7.36.